The molecule has 0 bridgehead atoms. The van der Waals surface area contributed by atoms with Gasteiger partial charge in [0.2, 0.25) is 5.24 Å². The minimum Gasteiger partial charge on any atom is -0.276 e. The molecular weight excluding hydrogens is 130 g/mol. The third-order valence-corrected chi connectivity index (χ3v) is 0.450. The van der Waals surface area contributed by atoms with Crippen LogP contribution in [0.1, 0.15) is 0 Å². The number of allylic oxidation sites excluding steroid dienone is 1. The van der Waals surface area contributed by atoms with Crippen LogP contribution in [0, 0.1) is 0 Å². The van der Waals surface area contributed by atoms with Gasteiger partial charge < -0.3 is 0 Å². The highest BCUT2D eigenvalue weighted by Gasteiger charge is 1.79. The first-order valence-corrected chi connectivity index (χ1v) is 2.05. The molecule has 0 aromatic carbocycles. The van der Waals surface area contributed by atoms with Crippen molar-refractivity contribution in [3.05, 3.63) is 22.7 Å². The number of azide groups is 1. The van der Waals surface area contributed by atoms with Gasteiger partial charge in [0.15, 0.2) is 0 Å². The Labute approximate surface area is 50.4 Å². The van der Waals surface area contributed by atoms with E-state index in [9.17, 15) is 4.79 Å². The number of nitrogens with zero attached hydrogens (tertiary/aromatic N) is 3. The Bertz CT molecular complexity index is 154. The van der Waals surface area contributed by atoms with Crippen molar-refractivity contribution >= 4 is 16.8 Å². The molecule has 0 saturated carbocycles. The molecule has 0 aliphatic rings. The second kappa shape index (κ2) is 4.18. The lowest BCUT2D eigenvalue weighted by molar-refractivity contribution is -0.107. The first-order chi connectivity index (χ1) is 3.77. The first kappa shape index (κ1) is 7.01. The van der Waals surface area contributed by atoms with E-state index in [0.717, 1.165) is 12.3 Å². The molecular formula is C3H2ClN3O. The van der Waals surface area contributed by atoms with Crippen molar-refractivity contribution in [2.24, 2.45) is 5.11 Å². The number of halogens is 1. The maximum atomic E-state index is 9.81. The van der Waals surface area contributed by atoms with Crippen molar-refractivity contribution in [1.29, 1.82) is 0 Å². The molecule has 42 valence electrons. The van der Waals surface area contributed by atoms with Gasteiger partial charge in [0.25, 0.3) is 0 Å². The van der Waals surface area contributed by atoms with Gasteiger partial charge in [0.05, 0.1) is 0 Å². The van der Waals surface area contributed by atoms with E-state index in [1.807, 2.05) is 0 Å². The van der Waals surface area contributed by atoms with Crippen LogP contribution in [0.3, 0.4) is 0 Å². The van der Waals surface area contributed by atoms with Crippen LogP contribution in [0.4, 0.5) is 0 Å². The second-order valence-electron chi connectivity index (χ2n) is 0.825. The lowest BCUT2D eigenvalue weighted by Gasteiger charge is -1.66. The van der Waals surface area contributed by atoms with E-state index in [1.54, 1.807) is 0 Å². The molecule has 0 fully saturated rings. The number of hydrogen-bond acceptors (Lipinski definition) is 2. The summed E-state index contributed by atoms with van der Waals surface area (Å²) >= 11 is 4.80. The average Bonchev–Trinajstić information content (AvgIpc) is 1.66. The number of hydrogen-bond donors (Lipinski definition) is 0. The summed E-state index contributed by atoms with van der Waals surface area (Å²) in [6.45, 7) is 0. The normalized spacial score (nSPS) is 8.62. The number of carbonyl (C=O) groups excluding carboxylic acids is 1. The van der Waals surface area contributed by atoms with Crippen molar-refractivity contribution in [1.82, 2.24) is 0 Å². The van der Waals surface area contributed by atoms with Gasteiger partial charge >= 0.3 is 0 Å². The molecule has 0 unspecified atom stereocenters. The molecule has 4 nitrogen and oxygen atoms in total. The van der Waals surface area contributed by atoms with Gasteiger partial charge in [-0.1, -0.05) is 5.11 Å². The van der Waals surface area contributed by atoms with Crippen LogP contribution in [0.2, 0.25) is 0 Å². The summed E-state index contributed by atoms with van der Waals surface area (Å²) in [5.74, 6) is 0. The van der Waals surface area contributed by atoms with Crippen molar-refractivity contribution < 1.29 is 4.79 Å². The highest BCUT2D eigenvalue weighted by Crippen LogP contribution is 1.82. The summed E-state index contributed by atoms with van der Waals surface area (Å²) in [4.78, 5) is 12.1. The third-order valence-electron chi connectivity index (χ3n) is 0.324. The summed E-state index contributed by atoms with van der Waals surface area (Å²) in [6, 6.07) is 0. The highest BCUT2D eigenvalue weighted by molar-refractivity contribution is 6.66. The average molecular weight is 132 g/mol. The van der Waals surface area contributed by atoms with E-state index in [4.69, 9.17) is 17.1 Å². The Kier molecular flexibility index (Phi) is 3.66. The predicted molar refractivity (Wildman–Crippen MR) is 29.1 cm³/mol. The summed E-state index contributed by atoms with van der Waals surface area (Å²) in [6.07, 6.45) is 1.94. The van der Waals surface area contributed by atoms with Crippen LogP contribution >= 0.6 is 11.6 Å². The molecule has 8 heavy (non-hydrogen) atoms. The molecule has 0 aliphatic heterocycles. The molecule has 0 aromatic rings. The van der Waals surface area contributed by atoms with Crippen LogP contribution in [-0.4, -0.2) is 5.24 Å². The standard InChI is InChI=1S/C3H2ClN3O/c4-3(8)1-2-6-7-5/h1-2H. The molecule has 0 amide bonds. The summed E-state index contributed by atoms with van der Waals surface area (Å²) in [5.41, 5.74) is 7.63. The predicted octanol–water partition coefficient (Wildman–Crippen LogP) is 1.58. The molecule has 0 spiro atoms. The third kappa shape index (κ3) is 5.01. The fourth-order valence-corrected chi connectivity index (χ4v) is 0.178. The van der Waals surface area contributed by atoms with Crippen LogP contribution in [-0.2, 0) is 4.79 Å². The van der Waals surface area contributed by atoms with Gasteiger partial charge in [0, 0.05) is 11.1 Å². The van der Waals surface area contributed by atoms with Crippen LogP contribution < -0.4 is 0 Å². The largest absolute Gasteiger partial charge is 0.276 e. The topological polar surface area (TPSA) is 65.8 Å². The van der Waals surface area contributed by atoms with E-state index in [1.165, 1.54) is 0 Å². The lowest BCUT2D eigenvalue weighted by atomic mass is 10.7. The maximum Gasteiger partial charge on any atom is 0.245 e. The van der Waals surface area contributed by atoms with E-state index in [-0.39, 0.29) is 0 Å². The van der Waals surface area contributed by atoms with E-state index in [0.29, 0.717) is 0 Å². The van der Waals surface area contributed by atoms with Crippen LogP contribution in [0.15, 0.2) is 17.4 Å². The first-order valence-electron chi connectivity index (χ1n) is 1.67. The summed E-state index contributed by atoms with van der Waals surface area (Å²) in [5, 5.41) is 2.25. The number of rotatable bonds is 2. The van der Waals surface area contributed by atoms with Gasteiger partial charge in [-0.3, -0.25) is 4.79 Å². The van der Waals surface area contributed by atoms with Crippen molar-refractivity contribution in [2.75, 3.05) is 0 Å². The SMILES string of the molecule is [N-]=[N+]=NC=CC(=O)Cl. The zero-order chi connectivity index (χ0) is 6.41. The Morgan fingerprint density at radius 2 is 2.50 bits per heavy atom. The molecule has 0 aromatic heterocycles. The van der Waals surface area contributed by atoms with Crippen molar-refractivity contribution in [3.63, 3.8) is 0 Å². The van der Waals surface area contributed by atoms with Gasteiger partial charge in [-0.05, 0) is 23.2 Å². The van der Waals surface area contributed by atoms with Crippen molar-refractivity contribution in [2.45, 2.75) is 0 Å². The van der Waals surface area contributed by atoms with Crippen LogP contribution in [0.5, 0.6) is 0 Å². The quantitative estimate of drug-likeness (QED) is 0.184. The monoisotopic (exact) mass is 131 g/mol. The Morgan fingerprint density at radius 3 is 2.88 bits per heavy atom. The van der Waals surface area contributed by atoms with Gasteiger partial charge in [-0.15, -0.1) is 0 Å². The van der Waals surface area contributed by atoms with Gasteiger partial charge in [0.1, 0.15) is 0 Å². The molecule has 5 heteroatoms. The zero-order valence-electron chi connectivity index (χ0n) is 3.78. The van der Waals surface area contributed by atoms with Crippen molar-refractivity contribution in [3.8, 4) is 0 Å². The minimum absolute atomic E-state index is 0.655. The fraction of sp³-hybridized carbons (Fsp3) is 0. The fourth-order valence-electron chi connectivity index (χ4n) is 0.122. The Hall–Kier alpha value is -0.990. The van der Waals surface area contributed by atoms with E-state index >= 15 is 0 Å². The summed E-state index contributed by atoms with van der Waals surface area (Å²) < 4.78 is 0. The lowest BCUT2D eigenvalue weighted by Crippen LogP contribution is -1.70. The molecule has 0 heterocycles. The van der Waals surface area contributed by atoms with Crippen LogP contribution in [0.25, 0.3) is 10.4 Å². The van der Waals surface area contributed by atoms with Gasteiger partial charge in [-0.25, -0.2) is 0 Å². The molecule has 0 radical (unpaired) electrons. The smallest absolute Gasteiger partial charge is 0.245 e. The highest BCUT2D eigenvalue weighted by atomic mass is 35.5. The van der Waals surface area contributed by atoms with Gasteiger partial charge in [-0.2, -0.15) is 0 Å². The zero-order valence-corrected chi connectivity index (χ0v) is 4.54. The second-order valence-corrected chi connectivity index (χ2v) is 1.20. The molecule has 0 N–H and O–H groups in total. The minimum atomic E-state index is -0.655. The Balaban J connectivity index is 3.67. The summed E-state index contributed by atoms with van der Waals surface area (Å²) in [7, 11) is 0. The molecule has 0 atom stereocenters. The molecule has 0 aliphatic carbocycles. The molecule has 0 rings (SSSR count). The number of carbonyl (C=O) groups is 1. The molecule has 0 saturated heterocycles. The Morgan fingerprint density at radius 1 is 1.88 bits per heavy atom. The maximum absolute atomic E-state index is 9.81. The van der Waals surface area contributed by atoms with E-state index < -0.39 is 5.24 Å². The van der Waals surface area contributed by atoms with E-state index in [2.05, 4.69) is 10.0 Å².